The first-order valence-corrected chi connectivity index (χ1v) is 5.43. The van der Waals surface area contributed by atoms with Crippen molar-refractivity contribution in [3.05, 3.63) is 5.01 Å². The van der Waals surface area contributed by atoms with E-state index < -0.39 is 0 Å². The molecule has 1 rings (SSSR count). The summed E-state index contributed by atoms with van der Waals surface area (Å²) in [4.78, 5) is 2.01. The molecular weight excluding hydrogens is 200 g/mol. The Morgan fingerprint density at radius 3 is 2.93 bits per heavy atom. The van der Waals surface area contributed by atoms with Crippen LogP contribution < -0.4 is 5.32 Å². The molecule has 1 heterocycles. The third-order valence-electron chi connectivity index (χ3n) is 1.68. The van der Waals surface area contributed by atoms with Crippen LogP contribution in [0.4, 0.5) is 5.13 Å². The maximum Gasteiger partial charge on any atom is 0.205 e. The number of rotatable bonds is 6. The molecule has 0 radical (unpaired) electrons. The van der Waals surface area contributed by atoms with Crippen LogP contribution in [0.25, 0.3) is 0 Å². The minimum absolute atomic E-state index is 0.176. The van der Waals surface area contributed by atoms with Crippen molar-refractivity contribution < 1.29 is 5.11 Å². The standard InChI is InChI=1S/C8H16N4OS/c1-3-9-8-11-10-7(14-8)6-12(2)4-5-13/h13H,3-6H2,1-2H3,(H,9,11). The summed E-state index contributed by atoms with van der Waals surface area (Å²) in [6.07, 6.45) is 0. The molecule has 0 spiro atoms. The zero-order valence-electron chi connectivity index (χ0n) is 8.53. The van der Waals surface area contributed by atoms with Crippen LogP contribution in [0.3, 0.4) is 0 Å². The topological polar surface area (TPSA) is 61.3 Å². The molecule has 5 nitrogen and oxygen atoms in total. The molecule has 0 aliphatic rings. The number of likely N-dealkylation sites (N-methyl/N-ethyl adjacent to an activating group) is 1. The molecule has 0 fully saturated rings. The largest absolute Gasteiger partial charge is 0.395 e. The zero-order valence-corrected chi connectivity index (χ0v) is 9.34. The molecule has 0 aliphatic carbocycles. The lowest BCUT2D eigenvalue weighted by Crippen LogP contribution is -2.21. The van der Waals surface area contributed by atoms with Gasteiger partial charge in [-0.1, -0.05) is 11.3 Å². The summed E-state index contributed by atoms with van der Waals surface area (Å²) in [7, 11) is 1.95. The maximum absolute atomic E-state index is 8.72. The van der Waals surface area contributed by atoms with Crippen molar-refractivity contribution >= 4 is 16.5 Å². The molecule has 14 heavy (non-hydrogen) atoms. The molecule has 0 saturated carbocycles. The normalized spacial score (nSPS) is 10.9. The van der Waals surface area contributed by atoms with Crippen molar-refractivity contribution in [1.82, 2.24) is 15.1 Å². The summed E-state index contributed by atoms with van der Waals surface area (Å²) in [6, 6.07) is 0. The van der Waals surface area contributed by atoms with Crippen molar-refractivity contribution in [3.63, 3.8) is 0 Å². The molecule has 0 amide bonds. The summed E-state index contributed by atoms with van der Waals surface area (Å²) in [5.74, 6) is 0. The van der Waals surface area contributed by atoms with Crippen LogP contribution in [0.5, 0.6) is 0 Å². The van der Waals surface area contributed by atoms with E-state index in [4.69, 9.17) is 5.11 Å². The molecule has 0 saturated heterocycles. The summed E-state index contributed by atoms with van der Waals surface area (Å²) in [5, 5.41) is 21.7. The zero-order chi connectivity index (χ0) is 10.4. The third-order valence-corrected chi connectivity index (χ3v) is 2.55. The van der Waals surface area contributed by atoms with Gasteiger partial charge in [0.25, 0.3) is 0 Å². The van der Waals surface area contributed by atoms with Gasteiger partial charge in [0, 0.05) is 13.1 Å². The highest BCUT2D eigenvalue weighted by atomic mass is 32.1. The van der Waals surface area contributed by atoms with E-state index in [1.165, 1.54) is 0 Å². The Hall–Kier alpha value is -0.720. The van der Waals surface area contributed by atoms with Crippen LogP contribution in [0.1, 0.15) is 11.9 Å². The van der Waals surface area contributed by atoms with Crippen LogP contribution in [0.2, 0.25) is 0 Å². The van der Waals surface area contributed by atoms with Crippen molar-refractivity contribution in [2.75, 3.05) is 32.1 Å². The predicted octanol–water partition coefficient (Wildman–Crippen LogP) is 0.394. The van der Waals surface area contributed by atoms with Gasteiger partial charge in [-0.15, -0.1) is 10.2 Å². The second-order valence-corrected chi connectivity index (χ2v) is 4.05. The quantitative estimate of drug-likeness (QED) is 0.720. The Morgan fingerprint density at radius 2 is 2.29 bits per heavy atom. The highest BCUT2D eigenvalue weighted by Gasteiger charge is 2.05. The second-order valence-electron chi connectivity index (χ2n) is 2.99. The average Bonchev–Trinajstić information content (AvgIpc) is 2.53. The smallest absolute Gasteiger partial charge is 0.205 e. The average molecular weight is 216 g/mol. The molecule has 80 valence electrons. The number of aliphatic hydroxyl groups excluding tert-OH is 1. The van der Waals surface area contributed by atoms with Gasteiger partial charge >= 0.3 is 0 Å². The highest BCUT2D eigenvalue weighted by molar-refractivity contribution is 7.15. The van der Waals surface area contributed by atoms with Crippen molar-refractivity contribution in [2.45, 2.75) is 13.5 Å². The molecule has 2 N–H and O–H groups in total. The predicted molar refractivity (Wildman–Crippen MR) is 57.5 cm³/mol. The third kappa shape index (κ3) is 3.57. The Labute approximate surface area is 87.8 Å². The van der Waals surface area contributed by atoms with Gasteiger partial charge in [-0.05, 0) is 14.0 Å². The monoisotopic (exact) mass is 216 g/mol. The molecule has 0 aliphatic heterocycles. The molecular formula is C8H16N4OS. The fourth-order valence-electron chi connectivity index (χ4n) is 1.02. The number of aromatic nitrogens is 2. The van der Waals surface area contributed by atoms with E-state index in [0.717, 1.165) is 23.2 Å². The van der Waals surface area contributed by atoms with E-state index in [1.807, 2.05) is 18.9 Å². The Morgan fingerprint density at radius 1 is 1.50 bits per heavy atom. The number of hydrogen-bond donors (Lipinski definition) is 2. The van der Waals surface area contributed by atoms with E-state index >= 15 is 0 Å². The number of aliphatic hydroxyl groups is 1. The summed E-state index contributed by atoms with van der Waals surface area (Å²) in [5.41, 5.74) is 0. The molecule has 6 heteroatoms. The molecule has 0 atom stereocenters. The molecule has 0 unspecified atom stereocenters. The minimum Gasteiger partial charge on any atom is -0.395 e. The number of anilines is 1. The number of nitrogens with one attached hydrogen (secondary N) is 1. The Balaban J connectivity index is 2.42. The van der Waals surface area contributed by atoms with Gasteiger partial charge in [0.1, 0.15) is 5.01 Å². The Kier molecular flexibility index (Phi) is 4.78. The van der Waals surface area contributed by atoms with Gasteiger partial charge in [-0.25, -0.2) is 0 Å². The summed E-state index contributed by atoms with van der Waals surface area (Å²) < 4.78 is 0. The van der Waals surface area contributed by atoms with Gasteiger partial charge in [-0.3, -0.25) is 4.90 Å². The lowest BCUT2D eigenvalue weighted by Gasteiger charge is -2.11. The lowest BCUT2D eigenvalue weighted by atomic mass is 10.5. The van der Waals surface area contributed by atoms with Crippen LogP contribution in [-0.4, -0.2) is 46.9 Å². The van der Waals surface area contributed by atoms with E-state index in [1.54, 1.807) is 11.3 Å². The summed E-state index contributed by atoms with van der Waals surface area (Å²) >= 11 is 1.56. The first-order valence-electron chi connectivity index (χ1n) is 4.62. The molecule has 0 aromatic carbocycles. The van der Waals surface area contributed by atoms with Crippen LogP contribution >= 0.6 is 11.3 Å². The van der Waals surface area contributed by atoms with Gasteiger partial charge in [0.15, 0.2) is 0 Å². The van der Waals surface area contributed by atoms with E-state index in [0.29, 0.717) is 6.54 Å². The van der Waals surface area contributed by atoms with Crippen LogP contribution in [-0.2, 0) is 6.54 Å². The van der Waals surface area contributed by atoms with Crippen LogP contribution in [0.15, 0.2) is 0 Å². The fourth-order valence-corrected chi connectivity index (χ4v) is 1.91. The van der Waals surface area contributed by atoms with Gasteiger partial charge in [0.05, 0.1) is 13.2 Å². The van der Waals surface area contributed by atoms with Crippen molar-refractivity contribution in [1.29, 1.82) is 0 Å². The Bertz CT molecular complexity index is 266. The highest BCUT2D eigenvalue weighted by Crippen LogP contribution is 2.15. The lowest BCUT2D eigenvalue weighted by molar-refractivity contribution is 0.217. The van der Waals surface area contributed by atoms with Gasteiger partial charge < -0.3 is 10.4 Å². The maximum atomic E-state index is 8.72. The first kappa shape index (κ1) is 11.4. The minimum atomic E-state index is 0.176. The van der Waals surface area contributed by atoms with E-state index in [2.05, 4.69) is 15.5 Å². The van der Waals surface area contributed by atoms with Gasteiger partial charge in [-0.2, -0.15) is 0 Å². The summed E-state index contributed by atoms with van der Waals surface area (Å²) in [6.45, 7) is 4.47. The number of hydrogen-bond acceptors (Lipinski definition) is 6. The number of nitrogens with zero attached hydrogens (tertiary/aromatic N) is 3. The second kappa shape index (κ2) is 5.90. The van der Waals surface area contributed by atoms with E-state index in [-0.39, 0.29) is 6.61 Å². The van der Waals surface area contributed by atoms with E-state index in [9.17, 15) is 0 Å². The molecule has 1 aromatic heterocycles. The van der Waals surface area contributed by atoms with Crippen molar-refractivity contribution in [3.8, 4) is 0 Å². The molecule has 0 bridgehead atoms. The van der Waals surface area contributed by atoms with Crippen molar-refractivity contribution in [2.24, 2.45) is 0 Å². The van der Waals surface area contributed by atoms with Crippen LogP contribution in [0, 0.1) is 0 Å². The van der Waals surface area contributed by atoms with Gasteiger partial charge in [0.2, 0.25) is 5.13 Å². The fraction of sp³-hybridized carbons (Fsp3) is 0.750. The first-order chi connectivity index (χ1) is 6.76. The SMILES string of the molecule is CCNc1nnc(CN(C)CCO)s1. The molecule has 1 aromatic rings.